The van der Waals surface area contributed by atoms with Crippen LogP contribution in [0.2, 0.25) is 0 Å². The van der Waals surface area contributed by atoms with Crippen LogP contribution in [-0.2, 0) is 21.7 Å². The van der Waals surface area contributed by atoms with Gasteiger partial charge in [-0.3, -0.25) is 9.59 Å². The van der Waals surface area contributed by atoms with E-state index in [1.54, 1.807) is 17.0 Å². The van der Waals surface area contributed by atoms with Crippen molar-refractivity contribution in [2.75, 3.05) is 11.5 Å². The normalized spacial score (nSPS) is 18.1. The number of hydrogen-bond donors (Lipinski definition) is 1. The summed E-state index contributed by atoms with van der Waals surface area (Å²) < 4.78 is 5.71. The quantitative estimate of drug-likeness (QED) is 0.747. The Bertz CT molecular complexity index is 950. The fourth-order valence-corrected chi connectivity index (χ4v) is 3.85. The maximum atomic E-state index is 13.3. The molecule has 146 valence electrons. The topological polar surface area (TPSA) is 66.8 Å². The number of fused-ring (bicyclic) bond motifs is 1. The number of anilines is 1. The van der Waals surface area contributed by atoms with E-state index in [0.717, 1.165) is 16.7 Å². The Kier molecular flexibility index (Phi) is 5.38. The number of ether oxygens (including phenoxy) is 1. The SMILES string of the molecule is C=CCOc1ccccc1CN1C(=O)C(O)(CC(C)=O)c2cc(C)cc(C)c21. The van der Waals surface area contributed by atoms with E-state index in [1.807, 2.05) is 44.2 Å². The van der Waals surface area contributed by atoms with E-state index in [2.05, 4.69) is 6.58 Å². The monoisotopic (exact) mass is 379 g/mol. The molecule has 2 aromatic rings. The number of nitrogens with zero attached hydrogens (tertiary/aromatic N) is 1. The molecule has 5 heteroatoms. The smallest absolute Gasteiger partial charge is 0.264 e. The lowest BCUT2D eigenvalue weighted by Crippen LogP contribution is -2.41. The van der Waals surface area contributed by atoms with Crippen LogP contribution >= 0.6 is 0 Å². The first-order valence-corrected chi connectivity index (χ1v) is 9.25. The van der Waals surface area contributed by atoms with Crippen molar-refractivity contribution in [3.05, 3.63) is 71.3 Å². The van der Waals surface area contributed by atoms with E-state index in [9.17, 15) is 14.7 Å². The number of Topliss-reactive ketones (excluding diaryl/α,β-unsaturated/α-hetero) is 1. The second-order valence-corrected chi connectivity index (χ2v) is 7.32. The molecule has 1 aliphatic rings. The summed E-state index contributed by atoms with van der Waals surface area (Å²) in [7, 11) is 0. The van der Waals surface area contributed by atoms with Crippen molar-refractivity contribution in [3.63, 3.8) is 0 Å². The van der Waals surface area contributed by atoms with Gasteiger partial charge in [-0.15, -0.1) is 0 Å². The van der Waals surface area contributed by atoms with Gasteiger partial charge in [0, 0.05) is 17.5 Å². The molecule has 0 saturated heterocycles. The van der Waals surface area contributed by atoms with Crippen molar-refractivity contribution in [2.45, 2.75) is 39.3 Å². The molecule has 1 aliphatic heterocycles. The van der Waals surface area contributed by atoms with Gasteiger partial charge in [0.05, 0.1) is 12.2 Å². The molecular formula is C23H25NO4. The first-order chi connectivity index (χ1) is 13.3. The number of carbonyl (C=O) groups excluding carboxylic acids is 2. The third-order valence-corrected chi connectivity index (χ3v) is 4.92. The Morgan fingerprint density at radius 3 is 2.68 bits per heavy atom. The molecule has 5 nitrogen and oxygen atoms in total. The van der Waals surface area contributed by atoms with Crippen molar-refractivity contribution >= 4 is 17.4 Å². The molecule has 28 heavy (non-hydrogen) atoms. The lowest BCUT2D eigenvalue weighted by atomic mass is 9.88. The molecule has 0 aliphatic carbocycles. The second kappa shape index (κ2) is 7.60. The average Bonchev–Trinajstić information content (AvgIpc) is 2.82. The summed E-state index contributed by atoms with van der Waals surface area (Å²) >= 11 is 0. The van der Waals surface area contributed by atoms with Crippen LogP contribution in [0.25, 0.3) is 0 Å². The van der Waals surface area contributed by atoms with Crippen LogP contribution in [-0.4, -0.2) is 23.4 Å². The molecule has 1 N–H and O–H groups in total. The number of ketones is 1. The lowest BCUT2D eigenvalue weighted by molar-refractivity contribution is -0.141. The zero-order valence-electron chi connectivity index (χ0n) is 16.5. The van der Waals surface area contributed by atoms with Crippen LogP contribution < -0.4 is 9.64 Å². The van der Waals surface area contributed by atoms with Crippen LogP contribution in [0.1, 0.15) is 35.6 Å². The predicted octanol–water partition coefficient (Wildman–Crippen LogP) is 3.58. The lowest BCUT2D eigenvalue weighted by Gasteiger charge is -2.23. The largest absolute Gasteiger partial charge is 0.489 e. The molecule has 1 atom stereocenters. The van der Waals surface area contributed by atoms with Crippen LogP contribution in [0.4, 0.5) is 5.69 Å². The second-order valence-electron chi connectivity index (χ2n) is 7.32. The van der Waals surface area contributed by atoms with Crippen molar-refractivity contribution in [2.24, 2.45) is 0 Å². The highest BCUT2D eigenvalue weighted by Gasteiger charge is 2.51. The minimum Gasteiger partial charge on any atom is -0.489 e. The Morgan fingerprint density at radius 2 is 2.00 bits per heavy atom. The summed E-state index contributed by atoms with van der Waals surface area (Å²) in [5.41, 5.74) is 1.95. The van der Waals surface area contributed by atoms with Gasteiger partial charge in [0.25, 0.3) is 5.91 Å². The molecule has 0 radical (unpaired) electrons. The van der Waals surface area contributed by atoms with Gasteiger partial charge in [-0.25, -0.2) is 0 Å². The summed E-state index contributed by atoms with van der Waals surface area (Å²) in [6.07, 6.45) is 1.42. The number of rotatable bonds is 7. The third-order valence-electron chi connectivity index (χ3n) is 4.92. The van der Waals surface area contributed by atoms with Gasteiger partial charge < -0.3 is 14.7 Å². The molecule has 3 rings (SSSR count). The highest BCUT2D eigenvalue weighted by Crippen LogP contribution is 2.46. The molecule has 1 amide bonds. The van der Waals surface area contributed by atoms with Gasteiger partial charge in [-0.1, -0.05) is 48.6 Å². The maximum absolute atomic E-state index is 13.3. The zero-order valence-corrected chi connectivity index (χ0v) is 16.5. The number of carbonyl (C=O) groups is 2. The highest BCUT2D eigenvalue weighted by atomic mass is 16.5. The van der Waals surface area contributed by atoms with E-state index < -0.39 is 11.5 Å². The van der Waals surface area contributed by atoms with Crippen molar-refractivity contribution in [1.82, 2.24) is 0 Å². The Balaban J connectivity index is 2.08. The van der Waals surface area contributed by atoms with E-state index in [-0.39, 0.29) is 18.7 Å². The van der Waals surface area contributed by atoms with E-state index >= 15 is 0 Å². The Morgan fingerprint density at radius 1 is 1.29 bits per heavy atom. The molecule has 0 spiro atoms. The summed E-state index contributed by atoms with van der Waals surface area (Å²) in [6, 6.07) is 11.2. The van der Waals surface area contributed by atoms with Crippen molar-refractivity contribution < 1.29 is 19.4 Å². The first kappa shape index (κ1) is 19.8. The summed E-state index contributed by atoms with van der Waals surface area (Å²) in [5, 5.41) is 11.2. The van der Waals surface area contributed by atoms with Gasteiger partial charge in [-0.2, -0.15) is 0 Å². The molecule has 0 bridgehead atoms. The molecule has 1 heterocycles. The average molecular weight is 379 g/mol. The number of aliphatic hydroxyl groups is 1. The van der Waals surface area contributed by atoms with E-state index in [0.29, 0.717) is 23.6 Å². The first-order valence-electron chi connectivity index (χ1n) is 9.25. The fourth-order valence-electron chi connectivity index (χ4n) is 3.85. The third kappa shape index (κ3) is 3.45. The Hall–Kier alpha value is -2.92. The number of para-hydroxylation sites is 1. The summed E-state index contributed by atoms with van der Waals surface area (Å²) in [6.45, 7) is 9.46. The Labute approximate surface area is 165 Å². The predicted molar refractivity (Wildman–Crippen MR) is 108 cm³/mol. The molecular weight excluding hydrogens is 354 g/mol. The number of hydrogen-bond acceptors (Lipinski definition) is 4. The van der Waals surface area contributed by atoms with Gasteiger partial charge in [0.15, 0.2) is 5.60 Å². The van der Waals surface area contributed by atoms with Crippen LogP contribution in [0.5, 0.6) is 5.75 Å². The van der Waals surface area contributed by atoms with E-state index in [1.165, 1.54) is 6.92 Å². The van der Waals surface area contributed by atoms with Crippen LogP contribution in [0.3, 0.4) is 0 Å². The van der Waals surface area contributed by atoms with Gasteiger partial charge >= 0.3 is 0 Å². The summed E-state index contributed by atoms with van der Waals surface area (Å²) in [5.74, 6) is -0.0639. The molecule has 1 unspecified atom stereocenters. The number of benzene rings is 2. The van der Waals surface area contributed by atoms with Crippen LogP contribution in [0, 0.1) is 13.8 Å². The molecule has 2 aromatic carbocycles. The van der Waals surface area contributed by atoms with Crippen molar-refractivity contribution in [1.29, 1.82) is 0 Å². The van der Waals surface area contributed by atoms with Crippen LogP contribution in [0.15, 0.2) is 49.1 Å². The van der Waals surface area contributed by atoms with Gasteiger partial charge in [0.1, 0.15) is 18.1 Å². The zero-order chi connectivity index (χ0) is 20.5. The van der Waals surface area contributed by atoms with Gasteiger partial charge in [-0.05, 0) is 32.4 Å². The minimum absolute atomic E-state index is 0.238. The highest BCUT2D eigenvalue weighted by molar-refractivity contribution is 6.09. The van der Waals surface area contributed by atoms with Gasteiger partial charge in [0.2, 0.25) is 0 Å². The minimum atomic E-state index is -1.84. The standard InChI is InChI=1S/C23H25NO4/c1-5-10-28-20-9-7-6-8-18(20)14-24-21-16(3)11-15(2)12-19(21)23(27,22(24)26)13-17(4)25/h5-9,11-12,27H,1,10,13-14H2,2-4H3. The molecule has 0 saturated carbocycles. The van der Waals surface area contributed by atoms with E-state index in [4.69, 9.17) is 4.74 Å². The molecule has 0 fully saturated rings. The van der Waals surface area contributed by atoms with Crippen molar-refractivity contribution in [3.8, 4) is 5.75 Å². The maximum Gasteiger partial charge on any atom is 0.264 e. The summed E-state index contributed by atoms with van der Waals surface area (Å²) in [4.78, 5) is 26.6. The molecule has 0 aromatic heterocycles. The fraction of sp³-hybridized carbons (Fsp3) is 0.304. The number of aryl methyl sites for hydroxylation is 2. The number of amides is 1.